The van der Waals surface area contributed by atoms with Crippen LogP contribution >= 0.6 is 0 Å². The van der Waals surface area contributed by atoms with E-state index in [2.05, 4.69) is 40.5 Å². The molecule has 0 saturated heterocycles. The fourth-order valence-corrected chi connectivity index (χ4v) is 3.49. The normalized spacial score (nSPS) is 18.9. The second-order valence-electron chi connectivity index (χ2n) is 5.82. The zero-order chi connectivity index (χ0) is 13.8. The molecule has 3 nitrogen and oxygen atoms in total. The summed E-state index contributed by atoms with van der Waals surface area (Å²) in [5.74, 6) is 0.747. The molecule has 1 aliphatic carbocycles. The molecule has 1 saturated carbocycles. The Hall–Kier alpha value is -1.48. The van der Waals surface area contributed by atoms with Crippen LogP contribution in [0.15, 0.2) is 30.6 Å². The Morgan fingerprint density at radius 3 is 2.40 bits per heavy atom. The van der Waals surface area contributed by atoms with Crippen LogP contribution in [0.1, 0.15) is 50.1 Å². The molecule has 1 N–H and O–H groups in total. The van der Waals surface area contributed by atoms with Gasteiger partial charge in [-0.2, -0.15) is 0 Å². The third-order valence-corrected chi connectivity index (χ3v) is 4.53. The Balaban J connectivity index is 1.89. The molecule has 2 aromatic rings. The molecular formula is C17H23N3. The van der Waals surface area contributed by atoms with E-state index in [1.54, 1.807) is 12.4 Å². The highest BCUT2D eigenvalue weighted by Crippen LogP contribution is 2.33. The largest absolute Gasteiger partial charge is 0.313 e. The molecule has 106 valence electrons. The summed E-state index contributed by atoms with van der Waals surface area (Å²) in [6.07, 6.45) is 11.7. The van der Waals surface area contributed by atoms with Gasteiger partial charge in [-0.1, -0.05) is 31.7 Å². The van der Waals surface area contributed by atoms with Crippen LogP contribution in [-0.2, 0) is 0 Å². The van der Waals surface area contributed by atoms with E-state index in [1.807, 2.05) is 0 Å². The first-order chi connectivity index (χ1) is 9.88. The molecule has 20 heavy (non-hydrogen) atoms. The topological polar surface area (TPSA) is 37.8 Å². The fraction of sp³-hybridized carbons (Fsp3) is 0.529. The van der Waals surface area contributed by atoms with Crippen LogP contribution < -0.4 is 5.32 Å². The van der Waals surface area contributed by atoms with E-state index < -0.39 is 0 Å². The second-order valence-corrected chi connectivity index (χ2v) is 5.82. The monoisotopic (exact) mass is 269 g/mol. The van der Waals surface area contributed by atoms with Gasteiger partial charge in [-0.05, 0) is 43.5 Å². The molecule has 1 aromatic carbocycles. The first-order valence-electron chi connectivity index (χ1n) is 7.76. The Morgan fingerprint density at radius 1 is 1.00 bits per heavy atom. The lowest BCUT2D eigenvalue weighted by Gasteiger charge is -2.26. The fourth-order valence-electron chi connectivity index (χ4n) is 3.49. The van der Waals surface area contributed by atoms with Gasteiger partial charge < -0.3 is 5.32 Å². The van der Waals surface area contributed by atoms with Crippen molar-refractivity contribution in [3.63, 3.8) is 0 Å². The number of benzene rings is 1. The van der Waals surface area contributed by atoms with Gasteiger partial charge in [0.15, 0.2) is 0 Å². The number of hydrogen-bond acceptors (Lipinski definition) is 3. The number of aromatic nitrogens is 2. The minimum Gasteiger partial charge on any atom is -0.313 e. The van der Waals surface area contributed by atoms with Crippen LogP contribution in [0.4, 0.5) is 0 Å². The first kappa shape index (κ1) is 13.5. The summed E-state index contributed by atoms with van der Waals surface area (Å²) >= 11 is 0. The van der Waals surface area contributed by atoms with E-state index in [9.17, 15) is 0 Å². The van der Waals surface area contributed by atoms with Crippen molar-refractivity contribution in [3.05, 3.63) is 36.2 Å². The molecule has 0 radical (unpaired) electrons. The zero-order valence-corrected chi connectivity index (χ0v) is 12.2. The van der Waals surface area contributed by atoms with E-state index in [0.717, 1.165) is 17.0 Å². The van der Waals surface area contributed by atoms with Crippen molar-refractivity contribution in [2.45, 2.75) is 44.6 Å². The van der Waals surface area contributed by atoms with Crippen molar-refractivity contribution in [2.75, 3.05) is 7.05 Å². The van der Waals surface area contributed by atoms with Gasteiger partial charge >= 0.3 is 0 Å². The summed E-state index contributed by atoms with van der Waals surface area (Å²) in [5, 5.41) is 3.53. The maximum Gasteiger partial charge on any atom is 0.0890 e. The highest BCUT2D eigenvalue weighted by Gasteiger charge is 2.23. The summed E-state index contributed by atoms with van der Waals surface area (Å²) < 4.78 is 0. The summed E-state index contributed by atoms with van der Waals surface area (Å²) in [4.78, 5) is 8.78. The third kappa shape index (κ3) is 2.83. The second kappa shape index (κ2) is 6.31. The van der Waals surface area contributed by atoms with E-state index in [1.165, 1.54) is 44.1 Å². The lowest BCUT2D eigenvalue weighted by molar-refractivity contribution is 0.342. The van der Waals surface area contributed by atoms with Gasteiger partial charge in [0.25, 0.3) is 0 Å². The molecule has 1 aliphatic rings. The molecule has 0 amide bonds. The van der Waals surface area contributed by atoms with Crippen molar-refractivity contribution < 1.29 is 0 Å². The average Bonchev–Trinajstić information content (AvgIpc) is 2.77. The lowest BCUT2D eigenvalue weighted by atomic mass is 9.87. The number of rotatable bonds is 3. The van der Waals surface area contributed by atoms with Gasteiger partial charge in [0, 0.05) is 18.4 Å². The molecule has 1 unspecified atom stereocenters. The Morgan fingerprint density at radius 2 is 1.70 bits per heavy atom. The van der Waals surface area contributed by atoms with Crippen LogP contribution in [0, 0.1) is 5.92 Å². The summed E-state index contributed by atoms with van der Waals surface area (Å²) in [6.45, 7) is 0. The molecular weight excluding hydrogens is 246 g/mol. The maximum absolute atomic E-state index is 4.43. The maximum atomic E-state index is 4.43. The first-order valence-corrected chi connectivity index (χ1v) is 7.76. The molecule has 3 heteroatoms. The molecule has 1 heterocycles. The van der Waals surface area contributed by atoms with Crippen molar-refractivity contribution in [1.82, 2.24) is 15.3 Å². The number of hydrogen-bond donors (Lipinski definition) is 1. The molecule has 0 aliphatic heterocycles. The van der Waals surface area contributed by atoms with Crippen LogP contribution in [0.2, 0.25) is 0 Å². The molecule has 0 spiro atoms. The molecule has 0 bridgehead atoms. The van der Waals surface area contributed by atoms with Gasteiger partial charge in [-0.15, -0.1) is 0 Å². The van der Waals surface area contributed by atoms with Gasteiger partial charge in [0.1, 0.15) is 0 Å². The standard InChI is InChI=1S/C17H23N3/c1-18-17(13-6-4-2-3-5-7-13)14-8-9-15-16(12-14)20-11-10-19-15/h8-13,17-18H,2-7H2,1H3. The lowest BCUT2D eigenvalue weighted by Crippen LogP contribution is -2.25. The minimum atomic E-state index is 0.444. The summed E-state index contributed by atoms with van der Waals surface area (Å²) in [6, 6.07) is 6.95. The van der Waals surface area contributed by atoms with Crippen molar-refractivity contribution in [3.8, 4) is 0 Å². The predicted molar refractivity (Wildman–Crippen MR) is 82.5 cm³/mol. The van der Waals surface area contributed by atoms with Gasteiger partial charge in [0.05, 0.1) is 11.0 Å². The summed E-state index contributed by atoms with van der Waals surface area (Å²) in [5.41, 5.74) is 3.33. The third-order valence-electron chi connectivity index (χ3n) is 4.53. The van der Waals surface area contributed by atoms with Crippen LogP contribution in [0.3, 0.4) is 0 Å². The Kier molecular flexibility index (Phi) is 4.26. The van der Waals surface area contributed by atoms with E-state index in [-0.39, 0.29) is 0 Å². The molecule has 1 aromatic heterocycles. The Bertz CT molecular complexity index is 559. The highest BCUT2D eigenvalue weighted by atomic mass is 14.9. The number of nitrogens with one attached hydrogen (secondary N) is 1. The minimum absolute atomic E-state index is 0.444. The highest BCUT2D eigenvalue weighted by molar-refractivity contribution is 5.74. The number of nitrogens with zero attached hydrogens (tertiary/aromatic N) is 2. The van der Waals surface area contributed by atoms with Crippen molar-refractivity contribution in [2.24, 2.45) is 5.92 Å². The van der Waals surface area contributed by atoms with E-state index in [0.29, 0.717) is 6.04 Å². The predicted octanol–water partition coefficient (Wildman–Crippen LogP) is 3.86. The van der Waals surface area contributed by atoms with Crippen molar-refractivity contribution in [1.29, 1.82) is 0 Å². The van der Waals surface area contributed by atoms with Crippen LogP contribution in [0.5, 0.6) is 0 Å². The van der Waals surface area contributed by atoms with Crippen molar-refractivity contribution >= 4 is 11.0 Å². The van der Waals surface area contributed by atoms with Gasteiger partial charge in [-0.3, -0.25) is 9.97 Å². The zero-order valence-electron chi connectivity index (χ0n) is 12.2. The Labute approximate surface area is 120 Å². The number of fused-ring (bicyclic) bond motifs is 1. The van der Waals surface area contributed by atoms with E-state index in [4.69, 9.17) is 0 Å². The van der Waals surface area contributed by atoms with Gasteiger partial charge in [0.2, 0.25) is 0 Å². The van der Waals surface area contributed by atoms with Crippen LogP contribution in [0.25, 0.3) is 11.0 Å². The van der Waals surface area contributed by atoms with Crippen LogP contribution in [-0.4, -0.2) is 17.0 Å². The SMILES string of the molecule is CNC(c1ccc2nccnc2c1)C1CCCCCC1. The molecule has 3 rings (SSSR count). The molecule has 1 atom stereocenters. The van der Waals surface area contributed by atoms with Gasteiger partial charge in [-0.25, -0.2) is 0 Å². The van der Waals surface area contributed by atoms with E-state index >= 15 is 0 Å². The quantitative estimate of drug-likeness (QED) is 0.860. The average molecular weight is 269 g/mol. The summed E-state index contributed by atoms with van der Waals surface area (Å²) in [7, 11) is 2.08. The smallest absolute Gasteiger partial charge is 0.0890 e. The molecule has 1 fully saturated rings.